The van der Waals surface area contributed by atoms with Gasteiger partial charge < -0.3 is 9.22 Å². The first-order valence-corrected chi connectivity index (χ1v) is 7.54. The van der Waals surface area contributed by atoms with E-state index in [1.54, 1.807) is 0 Å². The molecule has 3 fully saturated rings. The predicted molar refractivity (Wildman–Crippen MR) is 56.2 cm³/mol. The average molecular weight is 232 g/mol. The average Bonchev–Trinajstić information content (AvgIpc) is 2.69. The van der Waals surface area contributed by atoms with Gasteiger partial charge in [-0.2, -0.15) is 0 Å². The standard InChI is InChI=1S/C10H18NO3S/c12-15(13)3-1-11(2-4-15)5-9-7-14-8-10(9)6-11/h9-10H,1-8H2/q+1/t9-,10+. The Labute approximate surface area is 90.7 Å². The molecule has 0 saturated carbocycles. The van der Waals surface area contributed by atoms with Gasteiger partial charge in [0.05, 0.1) is 50.9 Å². The molecular formula is C10H18NO3S+. The van der Waals surface area contributed by atoms with Crippen LogP contribution >= 0.6 is 0 Å². The lowest BCUT2D eigenvalue weighted by atomic mass is 10.0. The van der Waals surface area contributed by atoms with Gasteiger partial charge in [-0.3, -0.25) is 0 Å². The van der Waals surface area contributed by atoms with E-state index in [4.69, 9.17) is 4.74 Å². The summed E-state index contributed by atoms with van der Waals surface area (Å²) in [6, 6.07) is 0. The van der Waals surface area contributed by atoms with Gasteiger partial charge in [-0.25, -0.2) is 8.42 Å². The van der Waals surface area contributed by atoms with Gasteiger partial charge in [0.15, 0.2) is 9.84 Å². The van der Waals surface area contributed by atoms with Crippen molar-refractivity contribution in [3.05, 3.63) is 0 Å². The van der Waals surface area contributed by atoms with Gasteiger partial charge in [-0.05, 0) is 0 Å². The fraction of sp³-hybridized carbons (Fsp3) is 1.00. The van der Waals surface area contributed by atoms with Crippen LogP contribution in [0.1, 0.15) is 0 Å². The SMILES string of the molecule is O=S1(=O)CC[N+]2(CC1)C[C@H]1COC[C@H]1C2. The van der Waals surface area contributed by atoms with Crippen LogP contribution < -0.4 is 0 Å². The third-order valence-corrected chi connectivity index (χ3v) is 5.94. The summed E-state index contributed by atoms with van der Waals surface area (Å²) >= 11 is 0. The Hall–Kier alpha value is -0.130. The molecule has 3 rings (SSSR count). The van der Waals surface area contributed by atoms with Crippen molar-refractivity contribution in [2.24, 2.45) is 11.8 Å². The molecule has 3 heterocycles. The van der Waals surface area contributed by atoms with Crippen molar-refractivity contribution < 1.29 is 17.6 Å². The summed E-state index contributed by atoms with van der Waals surface area (Å²) in [5.41, 5.74) is 0. The third-order valence-electron chi connectivity index (χ3n) is 4.33. The van der Waals surface area contributed by atoms with Crippen molar-refractivity contribution in [2.45, 2.75) is 0 Å². The molecule has 0 bridgehead atoms. The quantitative estimate of drug-likeness (QED) is 0.529. The summed E-state index contributed by atoms with van der Waals surface area (Å²) in [7, 11) is -2.72. The molecule has 2 atom stereocenters. The molecule has 3 aliphatic heterocycles. The van der Waals surface area contributed by atoms with E-state index in [-0.39, 0.29) is 0 Å². The Morgan fingerprint density at radius 2 is 1.53 bits per heavy atom. The second-order valence-corrected chi connectivity index (χ2v) is 7.67. The maximum absolute atomic E-state index is 11.4. The van der Waals surface area contributed by atoms with Crippen molar-refractivity contribution in [3.63, 3.8) is 0 Å². The Balaban J connectivity index is 1.73. The molecule has 5 heteroatoms. The van der Waals surface area contributed by atoms with Crippen LogP contribution in [-0.4, -0.2) is 63.8 Å². The molecule has 0 radical (unpaired) electrons. The molecule has 1 spiro atoms. The molecule has 4 nitrogen and oxygen atoms in total. The number of hydrogen-bond acceptors (Lipinski definition) is 3. The molecule has 0 aromatic heterocycles. The van der Waals surface area contributed by atoms with Gasteiger partial charge in [0, 0.05) is 11.8 Å². The van der Waals surface area contributed by atoms with Crippen LogP contribution in [0, 0.1) is 11.8 Å². The summed E-state index contributed by atoms with van der Waals surface area (Å²) in [4.78, 5) is 0. The molecular weight excluding hydrogens is 214 g/mol. The highest BCUT2D eigenvalue weighted by Crippen LogP contribution is 2.35. The topological polar surface area (TPSA) is 43.4 Å². The summed E-state index contributed by atoms with van der Waals surface area (Å²) in [6.45, 7) is 5.79. The number of hydrogen-bond donors (Lipinski definition) is 0. The number of quaternary nitrogens is 1. The minimum absolute atomic E-state index is 0.396. The van der Waals surface area contributed by atoms with E-state index in [2.05, 4.69) is 0 Å². The fourth-order valence-electron chi connectivity index (χ4n) is 3.36. The van der Waals surface area contributed by atoms with E-state index in [1.807, 2.05) is 0 Å². The smallest absolute Gasteiger partial charge is 0.161 e. The Morgan fingerprint density at radius 1 is 1.00 bits per heavy atom. The van der Waals surface area contributed by atoms with Gasteiger partial charge >= 0.3 is 0 Å². The molecule has 0 amide bonds. The normalized spacial score (nSPS) is 41.9. The van der Waals surface area contributed by atoms with Crippen molar-refractivity contribution in [2.75, 3.05) is 50.9 Å². The van der Waals surface area contributed by atoms with Crippen LogP contribution in [0.3, 0.4) is 0 Å². The minimum Gasteiger partial charge on any atom is -0.380 e. The molecule has 3 aliphatic rings. The monoisotopic (exact) mass is 232 g/mol. The van der Waals surface area contributed by atoms with Gasteiger partial charge in [-0.1, -0.05) is 0 Å². The van der Waals surface area contributed by atoms with Crippen LogP contribution in [0.4, 0.5) is 0 Å². The summed E-state index contributed by atoms with van der Waals surface area (Å²) in [6.07, 6.45) is 0. The zero-order valence-corrected chi connectivity index (χ0v) is 9.71. The second-order valence-electron chi connectivity index (χ2n) is 5.36. The van der Waals surface area contributed by atoms with Gasteiger partial charge in [0.25, 0.3) is 0 Å². The van der Waals surface area contributed by atoms with Gasteiger partial charge in [0.1, 0.15) is 0 Å². The number of rotatable bonds is 0. The lowest BCUT2D eigenvalue weighted by Gasteiger charge is -2.38. The molecule has 0 N–H and O–H groups in total. The van der Waals surface area contributed by atoms with Crippen LogP contribution in [-0.2, 0) is 14.6 Å². The van der Waals surface area contributed by atoms with Gasteiger partial charge in [0.2, 0.25) is 0 Å². The molecule has 0 aromatic rings. The lowest BCUT2D eigenvalue weighted by Crippen LogP contribution is -2.55. The summed E-state index contributed by atoms with van der Waals surface area (Å²) in [5.74, 6) is 2.19. The van der Waals surface area contributed by atoms with Gasteiger partial charge in [-0.15, -0.1) is 0 Å². The highest BCUT2D eigenvalue weighted by Gasteiger charge is 2.49. The van der Waals surface area contributed by atoms with E-state index in [1.165, 1.54) is 0 Å². The Morgan fingerprint density at radius 3 is 2.07 bits per heavy atom. The Kier molecular flexibility index (Phi) is 2.13. The van der Waals surface area contributed by atoms with E-state index in [9.17, 15) is 8.42 Å². The van der Waals surface area contributed by atoms with Crippen molar-refractivity contribution in [1.29, 1.82) is 0 Å². The van der Waals surface area contributed by atoms with Crippen molar-refractivity contribution in [1.82, 2.24) is 0 Å². The highest BCUT2D eigenvalue weighted by atomic mass is 32.2. The maximum Gasteiger partial charge on any atom is 0.161 e. The first-order chi connectivity index (χ1) is 7.09. The fourth-order valence-corrected chi connectivity index (χ4v) is 4.90. The Bertz CT molecular complexity index is 337. The molecule has 0 unspecified atom stereocenters. The first kappa shape index (κ1) is 10.1. The second kappa shape index (κ2) is 3.18. The number of sulfone groups is 1. The van der Waals surface area contributed by atoms with Crippen LogP contribution in [0.25, 0.3) is 0 Å². The van der Waals surface area contributed by atoms with E-state index < -0.39 is 9.84 Å². The molecule has 15 heavy (non-hydrogen) atoms. The lowest BCUT2D eigenvalue weighted by molar-refractivity contribution is -0.916. The minimum atomic E-state index is -2.72. The van der Waals surface area contributed by atoms with Crippen molar-refractivity contribution >= 4 is 9.84 Å². The van der Waals surface area contributed by atoms with Crippen molar-refractivity contribution in [3.8, 4) is 0 Å². The molecule has 3 saturated heterocycles. The van der Waals surface area contributed by atoms with E-state index in [0.717, 1.165) is 43.9 Å². The number of nitrogens with zero attached hydrogens (tertiary/aromatic N) is 1. The predicted octanol–water partition coefficient (Wildman–Crippen LogP) is -0.492. The first-order valence-electron chi connectivity index (χ1n) is 5.72. The van der Waals surface area contributed by atoms with Crippen LogP contribution in [0.5, 0.6) is 0 Å². The highest BCUT2D eigenvalue weighted by molar-refractivity contribution is 7.91. The molecule has 86 valence electrons. The third kappa shape index (κ3) is 1.70. The van der Waals surface area contributed by atoms with Crippen LogP contribution in [0.15, 0.2) is 0 Å². The van der Waals surface area contributed by atoms with Crippen LogP contribution in [0.2, 0.25) is 0 Å². The molecule has 0 aromatic carbocycles. The number of ether oxygens (including phenoxy) is 1. The zero-order chi connectivity index (χ0) is 10.5. The summed E-state index contributed by atoms with van der Waals surface area (Å²) < 4.78 is 29.3. The zero-order valence-electron chi connectivity index (χ0n) is 8.89. The molecule has 0 aliphatic carbocycles. The largest absolute Gasteiger partial charge is 0.380 e. The number of fused-ring (bicyclic) bond motifs is 1. The van der Waals surface area contributed by atoms with E-state index >= 15 is 0 Å². The van der Waals surface area contributed by atoms with E-state index in [0.29, 0.717) is 23.3 Å². The maximum atomic E-state index is 11.4. The summed E-state index contributed by atoms with van der Waals surface area (Å²) in [5, 5.41) is 0.